The molecular formula is C15H15N3OS. The van der Waals surface area contributed by atoms with E-state index in [1.807, 2.05) is 38.1 Å². The van der Waals surface area contributed by atoms with E-state index in [0.29, 0.717) is 6.54 Å². The highest BCUT2D eigenvalue weighted by atomic mass is 32.2. The molecule has 0 amide bonds. The second-order valence-corrected chi connectivity index (χ2v) is 5.54. The van der Waals surface area contributed by atoms with E-state index in [0.717, 1.165) is 39.4 Å². The monoisotopic (exact) mass is 285 g/mol. The van der Waals surface area contributed by atoms with Crippen LogP contribution in [0.2, 0.25) is 0 Å². The molecule has 0 atom stereocenters. The number of hydrogen-bond acceptors (Lipinski definition) is 5. The van der Waals surface area contributed by atoms with E-state index >= 15 is 0 Å². The Balaban J connectivity index is 1.67. The van der Waals surface area contributed by atoms with Crippen LogP contribution in [0.4, 0.5) is 0 Å². The lowest BCUT2D eigenvalue weighted by Gasteiger charge is -1.98. The minimum absolute atomic E-state index is 0.629. The predicted molar refractivity (Wildman–Crippen MR) is 82.6 cm³/mol. The maximum atomic E-state index is 5.54. The fraction of sp³-hybridized carbons (Fsp3) is 0.267. The number of aryl methyl sites for hydroxylation is 2. The van der Waals surface area contributed by atoms with Crippen LogP contribution in [0.25, 0.3) is 0 Å². The molecule has 0 bridgehead atoms. The molecule has 0 radical (unpaired) electrons. The smallest absolute Gasteiger partial charge is 0.184 e. The van der Waals surface area contributed by atoms with Gasteiger partial charge in [0.1, 0.15) is 11.5 Å². The van der Waals surface area contributed by atoms with Crippen LogP contribution < -0.4 is 0 Å². The molecule has 102 valence electrons. The van der Waals surface area contributed by atoms with Crippen LogP contribution in [0.15, 0.2) is 44.9 Å². The third-order valence-electron chi connectivity index (χ3n) is 3.02. The van der Waals surface area contributed by atoms with Crippen molar-refractivity contribution in [1.29, 1.82) is 0 Å². The Bertz CT molecular complexity index is 674. The first-order chi connectivity index (χ1) is 9.72. The van der Waals surface area contributed by atoms with Gasteiger partial charge in [-0.1, -0.05) is 17.8 Å². The molecular weight excluding hydrogens is 270 g/mol. The van der Waals surface area contributed by atoms with E-state index in [1.54, 1.807) is 18.0 Å². The summed E-state index contributed by atoms with van der Waals surface area (Å²) in [7, 11) is 0. The number of aliphatic imine (C=N–C) groups is 2. The molecule has 0 N–H and O–H groups in total. The average molecular weight is 285 g/mol. The standard InChI is InChI=1S/C15H15N3OS/c1-10-7-13(11(2)19-10)14-8-17-15(18-14)20-9-12-5-3-4-6-16-12/h3-7H,8-9H2,1-2H3. The molecule has 2 aromatic heterocycles. The van der Waals surface area contributed by atoms with Crippen molar-refractivity contribution in [3.05, 3.63) is 53.2 Å². The number of rotatable bonds is 3. The SMILES string of the molecule is Cc1cc(C2=NC(SCc3ccccn3)=NC2)c(C)o1. The summed E-state index contributed by atoms with van der Waals surface area (Å²) in [5, 5.41) is 0.823. The number of nitrogens with zero attached hydrogens (tertiary/aromatic N) is 3. The van der Waals surface area contributed by atoms with E-state index < -0.39 is 0 Å². The van der Waals surface area contributed by atoms with Crippen LogP contribution in [0, 0.1) is 13.8 Å². The van der Waals surface area contributed by atoms with E-state index in [4.69, 9.17) is 4.42 Å². The summed E-state index contributed by atoms with van der Waals surface area (Å²) in [6.07, 6.45) is 1.80. The second-order valence-electron chi connectivity index (χ2n) is 4.59. The zero-order valence-electron chi connectivity index (χ0n) is 11.5. The Morgan fingerprint density at radius 3 is 2.90 bits per heavy atom. The number of pyridine rings is 1. The summed E-state index contributed by atoms with van der Waals surface area (Å²) in [6, 6.07) is 7.94. The summed E-state index contributed by atoms with van der Waals surface area (Å²) in [6.45, 7) is 4.54. The van der Waals surface area contributed by atoms with Gasteiger partial charge in [0.25, 0.3) is 0 Å². The number of aromatic nitrogens is 1. The molecule has 20 heavy (non-hydrogen) atoms. The highest BCUT2D eigenvalue weighted by Gasteiger charge is 2.17. The normalized spacial score (nSPS) is 14.3. The molecule has 1 aliphatic rings. The summed E-state index contributed by atoms with van der Waals surface area (Å²) in [4.78, 5) is 13.3. The third kappa shape index (κ3) is 2.82. The predicted octanol–water partition coefficient (Wildman–Crippen LogP) is 3.38. The number of amidine groups is 1. The summed E-state index contributed by atoms with van der Waals surface area (Å²) in [5.41, 5.74) is 3.10. The van der Waals surface area contributed by atoms with Gasteiger partial charge >= 0.3 is 0 Å². The number of furan rings is 1. The van der Waals surface area contributed by atoms with Gasteiger partial charge in [0.05, 0.1) is 18.0 Å². The number of hydrogen-bond donors (Lipinski definition) is 0. The lowest BCUT2D eigenvalue weighted by atomic mass is 10.1. The van der Waals surface area contributed by atoms with Crippen LogP contribution in [0.1, 0.15) is 22.8 Å². The van der Waals surface area contributed by atoms with Crippen molar-refractivity contribution in [2.45, 2.75) is 19.6 Å². The fourth-order valence-corrected chi connectivity index (χ4v) is 2.87. The van der Waals surface area contributed by atoms with Gasteiger partial charge < -0.3 is 4.42 Å². The van der Waals surface area contributed by atoms with Crippen molar-refractivity contribution >= 4 is 22.6 Å². The summed E-state index contributed by atoms with van der Waals surface area (Å²) in [5.74, 6) is 2.61. The minimum atomic E-state index is 0.629. The minimum Gasteiger partial charge on any atom is -0.466 e. The maximum Gasteiger partial charge on any atom is 0.184 e. The summed E-state index contributed by atoms with van der Waals surface area (Å²) >= 11 is 1.62. The largest absolute Gasteiger partial charge is 0.466 e. The molecule has 2 aromatic rings. The van der Waals surface area contributed by atoms with Gasteiger partial charge in [-0.15, -0.1) is 0 Å². The van der Waals surface area contributed by atoms with Crippen molar-refractivity contribution < 1.29 is 4.42 Å². The van der Waals surface area contributed by atoms with Crippen molar-refractivity contribution in [2.24, 2.45) is 9.98 Å². The van der Waals surface area contributed by atoms with Crippen LogP contribution in [0.5, 0.6) is 0 Å². The van der Waals surface area contributed by atoms with E-state index in [2.05, 4.69) is 15.0 Å². The first kappa shape index (κ1) is 13.1. The van der Waals surface area contributed by atoms with E-state index in [-0.39, 0.29) is 0 Å². The highest BCUT2D eigenvalue weighted by molar-refractivity contribution is 8.13. The molecule has 0 fully saturated rings. The molecule has 0 saturated heterocycles. The zero-order valence-corrected chi connectivity index (χ0v) is 12.3. The van der Waals surface area contributed by atoms with Crippen LogP contribution >= 0.6 is 11.8 Å². The molecule has 0 aromatic carbocycles. The van der Waals surface area contributed by atoms with Crippen molar-refractivity contribution in [1.82, 2.24) is 4.98 Å². The Labute approximate surface area is 122 Å². The second kappa shape index (κ2) is 5.63. The Kier molecular flexibility index (Phi) is 3.69. The average Bonchev–Trinajstić information content (AvgIpc) is 3.04. The Morgan fingerprint density at radius 1 is 1.30 bits per heavy atom. The van der Waals surface area contributed by atoms with E-state index in [9.17, 15) is 0 Å². The van der Waals surface area contributed by atoms with Gasteiger partial charge in [0.2, 0.25) is 0 Å². The molecule has 5 heteroatoms. The number of thioether (sulfide) groups is 1. The molecule has 0 unspecified atom stereocenters. The van der Waals surface area contributed by atoms with Crippen LogP contribution in [0.3, 0.4) is 0 Å². The van der Waals surface area contributed by atoms with Gasteiger partial charge in [-0.25, -0.2) is 4.99 Å². The lowest BCUT2D eigenvalue weighted by molar-refractivity contribution is 0.504. The topological polar surface area (TPSA) is 50.8 Å². The molecule has 0 spiro atoms. The first-order valence-corrected chi connectivity index (χ1v) is 7.43. The van der Waals surface area contributed by atoms with Gasteiger partial charge in [-0.05, 0) is 32.0 Å². The zero-order chi connectivity index (χ0) is 13.9. The van der Waals surface area contributed by atoms with Crippen LogP contribution in [-0.4, -0.2) is 22.4 Å². The van der Waals surface area contributed by atoms with E-state index in [1.165, 1.54) is 0 Å². The third-order valence-corrected chi connectivity index (χ3v) is 3.94. The molecule has 4 nitrogen and oxygen atoms in total. The van der Waals surface area contributed by atoms with Crippen molar-refractivity contribution in [3.8, 4) is 0 Å². The quantitative estimate of drug-likeness (QED) is 0.868. The Hall–Kier alpha value is -1.88. The first-order valence-electron chi connectivity index (χ1n) is 6.44. The molecule has 3 heterocycles. The van der Waals surface area contributed by atoms with Crippen molar-refractivity contribution in [2.75, 3.05) is 6.54 Å². The lowest BCUT2D eigenvalue weighted by Crippen LogP contribution is -2.01. The fourth-order valence-electron chi connectivity index (χ4n) is 2.09. The Morgan fingerprint density at radius 2 is 2.20 bits per heavy atom. The van der Waals surface area contributed by atoms with Gasteiger partial charge in [0, 0.05) is 17.5 Å². The van der Waals surface area contributed by atoms with Gasteiger partial charge in [-0.2, -0.15) is 0 Å². The maximum absolute atomic E-state index is 5.54. The van der Waals surface area contributed by atoms with Crippen molar-refractivity contribution in [3.63, 3.8) is 0 Å². The van der Waals surface area contributed by atoms with Gasteiger partial charge in [-0.3, -0.25) is 9.98 Å². The molecule has 1 aliphatic heterocycles. The van der Waals surface area contributed by atoms with Crippen LogP contribution in [-0.2, 0) is 5.75 Å². The summed E-state index contributed by atoms with van der Waals surface area (Å²) < 4.78 is 5.54. The molecule has 0 saturated carbocycles. The highest BCUT2D eigenvalue weighted by Crippen LogP contribution is 2.21. The van der Waals surface area contributed by atoms with Gasteiger partial charge in [0.15, 0.2) is 5.17 Å². The molecule has 0 aliphatic carbocycles. The molecule has 3 rings (SSSR count).